The van der Waals surface area contributed by atoms with Gasteiger partial charge in [0.2, 0.25) is 0 Å². The third kappa shape index (κ3) is 1.19. The van der Waals surface area contributed by atoms with Gasteiger partial charge in [-0.2, -0.15) is 0 Å². The molecule has 13 heavy (non-hydrogen) atoms. The molecule has 0 amide bonds. The Kier molecular flexibility index (Phi) is 1.77. The molecule has 1 aliphatic carbocycles. The molecule has 0 saturated carbocycles. The van der Waals surface area contributed by atoms with Crippen LogP contribution in [-0.4, -0.2) is 16.1 Å². The molecule has 1 heterocycles. The minimum atomic E-state index is -0.896. The van der Waals surface area contributed by atoms with Gasteiger partial charge in [0.25, 0.3) is 0 Å². The van der Waals surface area contributed by atoms with Crippen LogP contribution < -0.4 is 5.73 Å². The number of hydrogen-bond acceptors (Lipinski definition) is 3. The molecule has 68 valence electrons. The molecule has 1 aromatic heterocycles. The second-order valence-electron chi connectivity index (χ2n) is 3.17. The first kappa shape index (κ1) is 8.19. The number of fused-ring (bicyclic) bond motifs is 1. The number of rotatable bonds is 1. The first-order chi connectivity index (χ1) is 6.20. The minimum absolute atomic E-state index is 0.0886. The maximum absolute atomic E-state index is 10.8. The van der Waals surface area contributed by atoms with Gasteiger partial charge in [-0.25, -0.2) is 4.79 Å². The van der Waals surface area contributed by atoms with Crippen LogP contribution in [0.1, 0.15) is 34.1 Å². The topological polar surface area (TPSA) is 76.2 Å². The normalized spacial score (nSPS) is 19.9. The van der Waals surface area contributed by atoms with Crippen molar-refractivity contribution in [3.05, 3.63) is 29.1 Å². The summed E-state index contributed by atoms with van der Waals surface area (Å²) in [5, 5.41) is 8.87. The average molecular weight is 178 g/mol. The average Bonchev–Trinajstić information content (AvgIpc) is 2.48. The van der Waals surface area contributed by atoms with Gasteiger partial charge in [-0.05, 0) is 24.5 Å². The lowest BCUT2D eigenvalue weighted by Crippen LogP contribution is -2.09. The second-order valence-corrected chi connectivity index (χ2v) is 3.17. The van der Waals surface area contributed by atoms with Gasteiger partial charge in [0.05, 0.1) is 11.3 Å². The summed E-state index contributed by atoms with van der Waals surface area (Å²) >= 11 is 0. The van der Waals surface area contributed by atoms with Gasteiger partial charge >= 0.3 is 5.97 Å². The largest absolute Gasteiger partial charge is 0.478 e. The lowest BCUT2D eigenvalue weighted by molar-refractivity contribution is 0.0695. The molecule has 0 fully saturated rings. The zero-order chi connectivity index (χ0) is 9.42. The maximum atomic E-state index is 10.8. The monoisotopic (exact) mass is 178 g/mol. The molecule has 4 heteroatoms. The molecule has 0 aromatic carbocycles. The number of aromatic nitrogens is 1. The minimum Gasteiger partial charge on any atom is -0.478 e. The Morgan fingerprint density at radius 1 is 1.69 bits per heavy atom. The van der Waals surface area contributed by atoms with Crippen LogP contribution in [-0.2, 0) is 6.42 Å². The first-order valence-electron chi connectivity index (χ1n) is 4.17. The van der Waals surface area contributed by atoms with Crippen LogP contribution in [0.15, 0.2) is 12.3 Å². The van der Waals surface area contributed by atoms with Crippen molar-refractivity contribution in [2.45, 2.75) is 18.9 Å². The summed E-state index contributed by atoms with van der Waals surface area (Å²) in [5.74, 6) is -0.896. The van der Waals surface area contributed by atoms with Gasteiger partial charge in [0.1, 0.15) is 0 Å². The second kappa shape index (κ2) is 2.81. The van der Waals surface area contributed by atoms with Crippen molar-refractivity contribution in [3.63, 3.8) is 0 Å². The zero-order valence-corrected chi connectivity index (χ0v) is 7.03. The molecule has 1 unspecified atom stereocenters. The number of carbonyl (C=O) groups is 1. The van der Waals surface area contributed by atoms with Gasteiger partial charge in [0, 0.05) is 12.2 Å². The quantitative estimate of drug-likeness (QED) is 0.664. The molecule has 0 bridgehead atoms. The Balaban J connectivity index is 2.57. The maximum Gasteiger partial charge on any atom is 0.336 e. The first-order valence-corrected chi connectivity index (χ1v) is 4.17. The van der Waals surface area contributed by atoms with Gasteiger partial charge in [-0.15, -0.1) is 0 Å². The van der Waals surface area contributed by atoms with E-state index in [0.29, 0.717) is 5.56 Å². The van der Waals surface area contributed by atoms with Crippen LogP contribution >= 0.6 is 0 Å². The van der Waals surface area contributed by atoms with Crippen molar-refractivity contribution < 1.29 is 9.90 Å². The van der Waals surface area contributed by atoms with E-state index >= 15 is 0 Å². The van der Waals surface area contributed by atoms with Crippen molar-refractivity contribution in [1.82, 2.24) is 4.98 Å². The van der Waals surface area contributed by atoms with E-state index in [1.165, 1.54) is 12.3 Å². The number of nitrogens with two attached hydrogens (primary N) is 1. The molecular weight excluding hydrogens is 168 g/mol. The summed E-state index contributed by atoms with van der Waals surface area (Å²) in [4.78, 5) is 14.9. The molecule has 0 radical (unpaired) electrons. The molecule has 0 aliphatic heterocycles. The number of pyridine rings is 1. The van der Waals surface area contributed by atoms with Crippen molar-refractivity contribution in [3.8, 4) is 0 Å². The number of nitrogens with zero attached hydrogens (tertiary/aromatic N) is 1. The van der Waals surface area contributed by atoms with Gasteiger partial charge in [-0.3, -0.25) is 4.98 Å². The SMILES string of the molecule is NC1CCc2c(C(=O)O)ccnc21. The highest BCUT2D eigenvalue weighted by Crippen LogP contribution is 2.29. The van der Waals surface area contributed by atoms with E-state index in [1.54, 1.807) is 0 Å². The van der Waals surface area contributed by atoms with Crippen molar-refractivity contribution in [1.29, 1.82) is 0 Å². The van der Waals surface area contributed by atoms with Gasteiger partial charge < -0.3 is 10.8 Å². The Labute approximate surface area is 75.4 Å². The highest BCUT2D eigenvalue weighted by atomic mass is 16.4. The van der Waals surface area contributed by atoms with E-state index < -0.39 is 5.97 Å². The number of carboxylic acid groups (broad SMARTS) is 1. The Morgan fingerprint density at radius 3 is 3.15 bits per heavy atom. The van der Waals surface area contributed by atoms with E-state index in [9.17, 15) is 4.79 Å². The summed E-state index contributed by atoms with van der Waals surface area (Å²) in [6, 6.07) is 1.44. The lowest BCUT2D eigenvalue weighted by Gasteiger charge is -2.04. The summed E-state index contributed by atoms with van der Waals surface area (Å²) in [7, 11) is 0. The van der Waals surface area contributed by atoms with Crippen molar-refractivity contribution >= 4 is 5.97 Å². The highest BCUT2D eigenvalue weighted by Gasteiger charge is 2.24. The third-order valence-corrected chi connectivity index (χ3v) is 2.38. The fraction of sp³-hybridized carbons (Fsp3) is 0.333. The number of carboxylic acids is 1. The van der Waals surface area contributed by atoms with Crippen LogP contribution in [0.3, 0.4) is 0 Å². The van der Waals surface area contributed by atoms with E-state index in [0.717, 1.165) is 24.1 Å². The highest BCUT2D eigenvalue weighted by molar-refractivity contribution is 5.89. The molecule has 3 N–H and O–H groups in total. The van der Waals surface area contributed by atoms with Crippen LogP contribution in [0.4, 0.5) is 0 Å². The predicted molar refractivity (Wildman–Crippen MR) is 46.4 cm³/mol. The van der Waals surface area contributed by atoms with Crippen LogP contribution in [0.5, 0.6) is 0 Å². The molecule has 2 rings (SSSR count). The van der Waals surface area contributed by atoms with E-state index in [2.05, 4.69) is 4.98 Å². The van der Waals surface area contributed by atoms with Crippen LogP contribution in [0.25, 0.3) is 0 Å². The molecular formula is C9H10N2O2. The molecule has 1 aromatic rings. The van der Waals surface area contributed by atoms with Crippen molar-refractivity contribution in [2.75, 3.05) is 0 Å². The van der Waals surface area contributed by atoms with Gasteiger partial charge in [-0.1, -0.05) is 0 Å². The standard InChI is InChI=1S/C9H10N2O2/c10-7-2-1-5-6(9(12)13)3-4-11-8(5)7/h3-4,7H,1-2,10H2,(H,12,13). The summed E-state index contributed by atoms with van der Waals surface area (Å²) in [6.45, 7) is 0. The summed E-state index contributed by atoms with van der Waals surface area (Å²) < 4.78 is 0. The Morgan fingerprint density at radius 2 is 2.46 bits per heavy atom. The molecule has 0 spiro atoms. The molecule has 0 saturated heterocycles. The fourth-order valence-electron chi connectivity index (χ4n) is 1.73. The zero-order valence-electron chi connectivity index (χ0n) is 7.03. The number of aromatic carboxylic acids is 1. The van der Waals surface area contributed by atoms with Crippen molar-refractivity contribution in [2.24, 2.45) is 5.73 Å². The van der Waals surface area contributed by atoms with Crippen LogP contribution in [0, 0.1) is 0 Å². The molecule has 1 atom stereocenters. The summed E-state index contributed by atoms with van der Waals surface area (Å²) in [6.07, 6.45) is 3.03. The number of hydrogen-bond donors (Lipinski definition) is 2. The van der Waals surface area contributed by atoms with E-state index in [4.69, 9.17) is 10.8 Å². The van der Waals surface area contributed by atoms with E-state index in [1.807, 2.05) is 0 Å². The lowest BCUT2D eigenvalue weighted by atomic mass is 10.1. The Bertz CT molecular complexity index is 363. The molecule has 4 nitrogen and oxygen atoms in total. The Hall–Kier alpha value is -1.42. The third-order valence-electron chi connectivity index (χ3n) is 2.38. The van der Waals surface area contributed by atoms with Gasteiger partial charge in [0.15, 0.2) is 0 Å². The predicted octanol–water partition coefficient (Wildman–Crippen LogP) is 0.726. The fourth-order valence-corrected chi connectivity index (χ4v) is 1.73. The van der Waals surface area contributed by atoms with E-state index in [-0.39, 0.29) is 6.04 Å². The molecule has 1 aliphatic rings. The summed E-state index contributed by atoms with van der Waals surface area (Å²) in [5.41, 5.74) is 7.66. The van der Waals surface area contributed by atoms with Crippen LogP contribution in [0.2, 0.25) is 0 Å². The smallest absolute Gasteiger partial charge is 0.336 e.